The molecule has 1 aromatic heterocycles. The van der Waals surface area contributed by atoms with E-state index in [9.17, 15) is 9.18 Å². The summed E-state index contributed by atoms with van der Waals surface area (Å²) >= 11 is 0. The molecule has 0 saturated carbocycles. The van der Waals surface area contributed by atoms with Crippen LogP contribution in [0.25, 0.3) is 0 Å². The largest absolute Gasteiger partial charge is 0.399 e. The van der Waals surface area contributed by atoms with Gasteiger partial charge in [-0.05, 0) is 30.3 Å². The monoisotopic (exact) mass is 245 g/mol. The summed E-state index contributed by atoms with van der Waals surface area (Å²) in [6.07, 6.45) is 1.52. The summed E-state index contributed by atoms with van der Waals surface area (Å²) in [5, 5.41) is 0. The Balaban J connectivity index is 2.46. The SMILES string of the molecule is CC(=O)N(c1ccc(F)cc1)c1cc(N)ccn1. The number of nitrogen functional groups attached to an aromatic ring is 1. The normalized spacial score (nSPS) is 10.1. The molecule has 0 fully saturated rings. The van der Waals surface area contributed by atoms with Gasteiger partial charge in [0.15, 0.2) is 0 Å². The molecule has 0 aliphatic heterocycles. The number of benzene rings is 1. The first-order valence-corrected chi connectivity index (χ1v) is 5.36. The first kappa shape index (κ1) is 12.0. The van der Waals surface area contributed by atoms with Gasteiger partial charge in [0.05, 0.1) is 5.69 Å². The highest BCUT2D eigenvalue weighted by molar-refractivity contribution is 5.98. The Morgan fingerprint density at radius 2 is 1.94 bits per heavy atom. The van der Waals surface area contributed by atoms with Crippen molar-refractivity contribution in [3.63, 3.8) is 0 Å². The summed E-state index contributed by atoms with van der Waals surface area (Å²) in [5.74, 6) is -0.170. The quantitative estimate of drug-likeness (QED) is 0.884. The van der Waals surface area contributed by atoms with Crippen molar-refractivity contribution < 1.29 is 9.18 Å². The van der Waals surface area contributed by atoms with Crippen molar-refractivity contribution in [2.75, 3.05) is 10.6 Å². The summed E-state index contributed by atoms with van der Waals surface area (Å²) in [7, 11) is 0. The molecule has 1 heterocycles. The molecule has 2 aromatic rings. The first-order valence-electron chi connectivity index (χ1n) is 5.36. The van der Waals surface area contributed by atoms with Gasteiger partial charge in [-0.2, -0.15) is 0 Å². The van der Waals surface area contributed by atoms with E-state index in [1.54, 1.807) is 12.1 Å². The number of nitrogens with zero attached hydrogens (tertiary/aromatic N) is 2. The molecule has 4 nitrogen and oxygen atoms in total. The third-order valence-corrected chi connectivity index (χ3v) is 2.40. The van der Waals surface area contributed by atoms with Gasteiger partial charge in [0.25, 0.3) is 0 Å². The number of aromatic nitrogens is 1. The maximum Gasteiger partial charge on any atom is 0.229 e. The zero-order chi connectivity index (χ0) is 13.1. The zero-order valence-corrected chi connectivity index (χ0v) is 9.80. The summed E-state index contributed by atoms with van der Waals surface area (Å²) in [6, 6.07) is 8.83. The van der Waals surface area contributed by atoms with Crippen LogP contribution in [0.15, 0.2) is 42.6 Å². The molecular weight excluding hydrogens is 233 g/mol. The van der Waals surface area contributed by atoms with Gasteiger partial charge in [0, 0.05) is 24.9 Å². The Morgan fingerprint density at radius 1 is 1.28 bits per heavy atom. The molecular formula is C13H12FN3O. The predicted molar refractivity (Wildman–Crippen MR) is 67.9 cm³/mol. The highest BCUT2D eigenvalue weighted by Gasteiger charge is 2.15. The molecule has 2 rings (SSSR count). The number of carbonyl (C=O) groups excluding carboxylic acids is 1. The van der Waals surface area contributed by atoms with E-state index in [4.69, 9.17) is 5.73 Å². The van der Waals surface area contributed by atoms with Crippen molar-refractivity contribution in [2.24, 2.45) is 0 Å². The highest BCUT2D eigenvalue weighted by atomic mass is 19.1. The fourth-order valence-electron chi connectivity index (χ4n) is 1.62. The van der Waals surface area contributed by atoms with Gasteiger partial charge in [-0.3, -0.25) is 9.69 Å². The third-order valence-electron chi connectivity index (χ3n) is 2.40. The minimum absolute atomic E-state index is 0.222. The Kier molecular flexibility index (Phi) is 3.23. The minimum atomic E-state index is -0.359. The third kappa shape index (κ3) is 2.45. The van der Waals surface area contributed by atoms with Crippen molar-refractivity contribution in [2.45, 2.75) is 6.92 Å². The average Bonchev–Trinajstić information content (AvgIpc) is 2.32. The molecule has 1 amide bonds. The van der Waals surface area contributed by atoms with Crippen molar-refractivity contribution in [3.05, 3.63) is 48.4 Å². The standard InChI is InChI=1S/C13H12FN3O/c1-9(18)17(12-4-2-10(14)3-5-12)13-8-11(15)6-7-16-13/h2-8H,1H3,(H2,15,16). The second-order valence-corrected chi connectivity index (χ2v) is 3.78. The van der Waals surface area contributed by atoms with Crippen LogP contribution in [0.4, 0.5) is 21.6 Å². The number of hydrogen-bond donors (Lipinski definition) is 1. The van der Waals surface area contributed by atoms with Gasteiger partial charge in [-0.15, -0.1) is 0 Å². The van der Waals surface area contributed by atoms with E-state index in [-0.39, 0.29) is 11.7 Å². The van der Waals surface area contributed by atoms with E-state index in [1.807, 2.05) is 0 Å². The van der Waals surface area contributed by atoms with E-state index in [0.717, 1.165) is 0 Å². The van der Waals surface area contributed by atoms with E-state index < -0.39 is 0 Å². The number of carbonyl (C=O) groups is 1. The summed E-state index contributed by atoms with van der Waals surface area (Å²) < 4.78 is 12.9. The molecule has 0 spiro atoms. The van der Waals surface area contributed by atoms with Crippen LogP contribution in [0.3, 0.4) is 0 Å². The second kappa shape index (κ2) is 4.83. The molecule has 2 N–H and O–H groups in total. The van der Waals surface area contributed by atoms with E-state index in [2.05, 4.69) is 4.98 Å². The molecule has 0 aliphatic rings. The molecule has 0 saturated heterocycles. The number of halogens is 1. The van der Waals surface area contributed by atoms with Crippen LogP contribution in [0.5, 0.6) is 0 Å². The van der Waals surface area contributed by atoms with Crippen LogP contribution < -0.4 is 10.6 Å². The summed E-state index contributed by atoms with van der Waals surface area (Å²) in [4.78, 5) is 17.2. The first-order chi connectivity index (χ1) is 8.58. The van der Waals surface area contributed by atoms with Crippen molar-refractivity contribution >= 4 is 23.1 Å². The maximum atomic E-state index is 12.9. The Morgan fingerprint density at radius 3 is 2.50 bits per heavy atom. The Hall–Kier alpha value is -2.43. The van der Waals surface area contributed by atoms with Crippen molar-refractivity contribution in [1.29, 1.82) is 0 Å². The van der Waals surface area contributed by atoms with Crippen LogP contribution >= 0.6 is 0 Å². The van der Waals surface area contributed by atoms with Crippen LogP contribution in [0.2, 0.25) is 0 Å². The molecule has 5 heteroatoms. The zero-order valence-electron chi connectivity index (χ0n) is 9.80. The lowest BCUT2D eigenvalue weighted by atomic mass is 10.2. The molecule has 0 unspecified atom stereocenters. The van der Waals surface area contributed by atoms with Gasteiger partial charge in [0.2, 0.25) is 5.91 Å². The van der Waals surface area contributed by atoms with Crippen LogP contribution in [-0.4, -0.2) is 10.9 Å². The fourth-order valence-corrected chi connectivity index (χ4v) is 1.62. The lowest BCUT2D eigenvalue weighted by molar-refractivity contribution is -0.115. The van der Waals surface area contributed by atoms with Gasteiger partial charge >= 0.3 is 0 Å². The fraction of sp³-hybridized carbons (Fsp3) is 0.0769. The molecule has 18 heavy (non-hydrogen) atoms. The molecule has 0 atom stereocenters. The van der Waals surface area contributed by atoms with Crippen molar-refractivity contribution in [1.82, 2.24) is 4.98 Å². The lowest BCUT2D eigenvalue weighted by Crippen LogP contribution is -2.23. The Bertz CT molecular complexity index is 569. The van der Waals surface area contributed by atoms with Gasteiger partial charge in [-0.1, -0.05) is 0 Å². The minimum Gasteiger partial charge on any atom is -0.399 e. The number of amides is 1. The van der Waals surface area contributed by atoms with Crippen LogP contribution in [0.1, 0.15) is 6.92 Å². The van der Waals surface area contributed by atoms with E-state index in [0.29, 0.717) is 17.2 Å². The summed E-state index contributed by atoms with van der Waals surface area (Å²) in [6.45, 7) is 1.41. The smallest absolute Gasteiger partial charge is 0.229 e. The maximum absolute atomic E-state index is 12.9. The Labute approximate surface area is 104 Å². The molecule has 1 aromatic carbocycles. The van der Waals surface area contributed by atoms with Crippen LogP contribution in [0, 0.1) is 5.82 Å². The molecule has 0 radical (unpaired) electrons. The van der Waals surface area contributed by atoms with E-state index in [1.165, 1.54) is 42.3 Å². The van der Waals surface area contributed by atoms with Crippen molar-refractivity contribution in [3.8, 4) is 0 Å². The molecule has 0 bridgehead atoms. The molecule has 92 valence electrons. The van der Waals surface area contributed by atoms with E-state index >= 15 is 0 Å². The lowest BCUT2D eigenvalue weighted by Gasteiger charge is -2.20. The second-order valence-electron chi connectivity index (χ2n) is 3.78. The highest BCUT2D eigenvalue weighted by Crippen LogP contribution is 2.25. The number of rotatable bonds is 2. The summed E-state index contributed by atoms with van der Waals surface area (Å²) in [5.41, 5.74) is 6.71. The van der Waals surface area contributed by atoms with Gasteiger partial charge in [0.1, 0.15) is 11.6 Å². The van der Waals surface area contributed by atoms with Gasteiger partial charge in [-0.25, -0.2) is 9.37 Å². The van der Waals surface area contributed by atoms with Gasteiger partial charge < -0.3 is 5.73 Å². The number of hydrogen-bond acceptors (Lipinski definition) is 3. The molecule has 0 aliphatic carbocycles. The number of anilines is 3. The van der Waals surface area contributed by atoms with Crippen LogP contribution in [-0.2, 0) is 4.79 Å². The number of pyridine rings is 1. The average molecular weight is 245 g/mol. The predicted octanol–water partition coefficient (Wildman–Crippen LogP) is 2.49. The number of nitrogens with two attached hydrogens (primary N) is 1. The topological polar surface area (TPSA) is 59.2 Å².